The molecule has 2 amide bonds. The van der Waals surface area contributed by atoms with Gasteiger partial charge in [0.2, 0.25) is 0 Å². The van der Waals surface area contributed by atoms with E-state index in [1.165, 1.54) is 26.2 Å². The van der Waals surface area contributed by atoms with Crippen LogP contribution in [-0.2, 0) is 20.9 Å². The number of esters is 1. The third-order valence-electron chi connectivity index (χ3n) is 3.70. The van der Waals surface area contributed by atoms with Crippen molar-refractivity contribution in [2.45, 2.75) is 39.5 Å². The van der Waals surface area contributed by atoms with Gasteiger partial charge in [-0.1, -0.05) is 29.8 Å². The molecule has 26 heavy (non-hydrogen) atoms. The zero-order valence-electron chi connectivity index (χ0n) is 14.9. The number of carbonyl (C=O) groups excluding carboxylic acids is 3. The molecule has 7 heteroatoms. The highest BCUT2D eigenvalue weighted by Crippen LogP contribution is 2.04. The van der Waals surface area contributed by atoms with Gasteiger partial charge in [0.25, 0.3) is 11.8 Å². The molecule has 2 aromatic rings. The summed E-state index contributed by atoms with van der Waals surface area (Å²) in [5.74, 6) is -1.56. The Kier molecular flexibility index (Phi) is 6.54. The zero-order valence-corrected chi connectivity index (χ0v) is 14.9. The van der Waals surface area contributed by atoms with Gasteiger partial charge in [0, 0.05) is 6.54 Å². The summed E-state index contributed by atoms with van der Waals surface area (Å²) in [7, 11) is 0. The van der Waals surface area contributed by atoms with Gasteiger partial charge in [-0.25, -0.2) is 4.79 Å². The van der Waals surface area contributed by atoms with E-state index in [9.17, 15) is 14.4 Å². The van der Waals surface area contributed by atoms with Crippen molar-refractivity contribution in [3.8, 4) is 0 Å². The van der Waals surface area contributed by atoms with E-state index in [0.717, 1.165) is 11.1 Å². The number of benzene rings is 1. The summed E-state index contributed by atoms with van der Waals surface area (Å²) >= 11 is 0. The molecular weight excluding hydrogens is 336 g/mol. The maximum atomic E-state index is 12.1. The van der Waals surface area contributed by atoms with Gasteiger partial charge in [-0.05, 0) is 38.5 Å². The molecule has 0 aliphatic heterocycles. The third-order valence-corrected chi connectivity index (χ3v) is 3.70. The number of aryl methyl sites for hydroxylation is 1. The molecule has 0 fully saturated rings. The molecule has 1 heterocycles. The lowest BCUT2D eigenvalue weighted by molar-refractivity contribution is -0.156. The van der Waals surface area contributed by atoms with Crippen LogP contribution in [0.5, 0.6) is 0 Å². The van der Waals surface area contributed by atoms with E-state index in [1.54, 1.807) is 6.07 Å². The second kappa shape index (κ2) is 8.84. The first-order chi connectivity index (χ1) is 12.4. The predicted molar refractivity (Wildman–Crippen MR) is 94.2 cm³/mol. The highest BCUT2D eigenvalue weighted by molar-refractivity contribution is 5.94. The minimum atomic E-state index is -0.976. The lowest BCUT2D eigenvalue weighted by Crippen LogP contribution is -2.43. The highest BCUT2D eigenvalue weighted by atomic mass is 16.5. The van der Waals surface area contributed by atoms with Crippen molar-refractivity contribution in [3.05, 3.63) is 59.5 Å². The first kappa shape index (κ1) is 19.2. The van der Waals surface area contributed by atoms with Crippen LogP contribution in [0.3, 0.4) is 0 Å². The summed E-state index contributed by atoms with van der Waals surface area (Å²) in [5, 5.41) is 5.16. The molecule has 0 aliphatic carbocycles. The Morgan fingerprint density at radius 1 is 1.12 bits per heavy atom. The van der Waals surface area contributed by atoms with Crippen LogP contribution < -0.4 is 10.6 Å². The van der Waals surface area contributed by atoms with E-state index < -0.39 is 29.9 Å². The smallest absolute Gasteiger partial charge is 0.329 e. The Bertz CT molecular complexity index is 753. The van der Waals surface area contributed by atoms with Crippen LogP contribution in [0.1, 0.15) is 35.5 Å². The van der Waals surface area contributed by atoms with Crippen molar-refractivity contribution in [1.82, 2.24) is 10.6 Å². The van der Waals surface area contributed by atoms with Crippen molar-refractivity contribution in [2.75, 3.05) is 0 Å². The molecule has 2 atom stereocenters. The molecule has 1 unspecified atom stereocenters. The largest absolute Gasteiger partial charge is 0.459 e. The van der Waals surface area contributed by atoms with Crippen molar-refractivity contribution in [3.63, 3.8) is 0 Å². The van der Waals surface area contributed by atoms with Crippen molar-refractivity contribution < 1.29 is 23.5 Å². The van der Waals surface area contributed by atoms with E-state index in [-0.39, 0.29) is 5.76 Å². The van der Waals surface area contributed by atoms with E-state index in [1.807, 2.05) is 31.2 Å². The first-order valence-corrected chi connectivity index (χ1v) is 8.25. The van der Waals surface area contributed by atoms with Crippen LogP contribution in [0.15, 0.2) is 47.1 Å². The predicted octanol–water partition coefficient (Wildman–Crippen LogP) is 1.95. The Hall–Kier alpha value is -3.09. The second-order valence-electron chi connectivity index (χ2n) is 5.95. The quantitative estimate of drug-likeness (QED) is 0.737. The number of furan rings is 1. The topological polar surface area (TPSA) is 97.6 Å². The lowest BCUT2D eigenvalue weighted by atomic mass is 10.1. The van der Waals surface area contributed by atoms with Crippen LogP contribution in [0.2, 0.25) is 0 Å². The fourth-order valence-corrected chi connectivity index (χ4v) is 2.10. The van der Waals surface area contributed by atoms with Crippen LogP contribution in [0, 0.1) is 6.92 Å². The second-order valence-corrected chi connectivity index (χ2v) is 5.95. The summed E-state index contributed by atoms with van der Waals surface area (Å²) in [6.45, 7) is 5.27. The van der Waals surface area contributed by atoms with Crippen LogP contribution >= 0.6 is 0 Å². The number of rotatable bonds is 7. The Morgan fingerprint density at radius 2 is 1.81 bits per heavy atom. The van der Waals surface area contributed by atoms with E-state index in [4.69, 9.17) is 9.15 Å². The van der Waals surface area contributed by atoms with Crippen LogP contribution in [0.25, 0.3) is 0 Å². The first-order valence-electron chi connectivity index (χ1n) is 8.25. The normalized spacial score (nSPS) is 12.7. The third kappa shape index (κ3) is 5.47. The maximum Gasteiger partial charge on any atom is 0.329 e. The van der Waals surface area contributed by atoms with Crippen molar-refractivity contribution >= 4 is 17.8 Å². The number of ether oxygens (including phenoxy) is 1. The van der Waals surface area contributed by atoms with E-state index in [2.05, 4.69) is 10.6 Å². The van der Waals surface area contributed by atoms with Gasteiger partial charge in [0.15, 0.2) is 11.9 Å². The molecule has 2 N–H and O–H groups in total. The zero-order chi connectivity index (χ0) is 19.1. The Morgan fingerprint density at radius 3 is 2.42 bits per heavy atom. The highest BCUT2D eigenvalue weighted by Gasteiger charge is 2.24. The van der Waals surface area contributed by atoms with Crippen molar-refractivity contribution in [2.24, 2.45) is 0 Å². The fourth-order valence-electron chi connectivity index (χ4n) is 2.10. The summed E-state index contributed by atoms with van der Waals surface area (Å²) in [4.78, 5) is 35.9. The molecule has 0 saturated carbocycles. The van der Waals surface area contributed by atoms with Crippen LogP contribution in [0.4, 0.5) is 0 Å². The SMILES string of the molecule is Cc1ccc(CNC(=O)C(C)OC(=O)[C@H](C)NC(=O)c2ccco2)cc1. The van der Waals surface area contributed by atoms with E-state index >= 15 is 0 Å². The molecule has 138 valence electrons. The number of carbonyl (C=O) groups is 3. The molecule has 1 aromatic carbocycles. The molecule has 1 aromatic heterocycles. The molecule has 0 aliphatic rings. The van der Waals surface area contributed by atoms with Gasteiger partial charge < -0.3 is 19.8 Å². The molecule has 7 nitrogen and oxygen atoms in total. The van der Waals surface area contributed by atoms with Crippen molar-refractivity contribution in [1.29, 1.82) is 0 Å². The standard InChI is InChI=1S/C19H22N2O5/c1-12-6-8-15(9-7-12)11-20-17(22)14(3)26-19(24)13(2)21-18(23)16-5-4-10-25-16/h4-10,13-14H,11H2,1-3H3,(H,20,22)(H,21,23)/t13-,14?/m0/s1. The molecule has 0 radical (unpaired) electrons. The molecule has 0 bridgehead atoms. The molecule has 2 rings (SSSR count). The summed E-state index contributed by atoms with van der Waals surface area (Å²) in [6.07, 6.45) is 0.383. The summed E-state index contributed by atoms with van der Waals surface area (Å²) in [5.41, 5.74) is 2.08. The minimum Gasteiger partial charge on any atom is -0.459 e. The number of hydrogen-bond donors (Lipinski definition) is 2. The van der Waals surface area contributed by atoms with Gasteiger partial charge in [0.05, 0.1) is 6.26 Å². The molecular formula is C19H22N2O5. The fraction of sp³-hybridized carbons (Fsp3) is 0.316. The maximum absolute atomic E-state index is 12.1. The van der Waals surface area contributed by atoms with Gasteiger partial charge in [-0.2, -0.15) is 0 Å². The number of hydrogen-bond acceptors (Lipinski definition) is 5. The lowest BCUT2D eigenvalue weighted by Gasteiger charge is -2.17. The minimum absolute atomic E-state index is 0.0912. The average Bonchev–Trinajstić information content (AvgIpc) is 3.15. The Balaban J connectivity index is 1.78. The summed E-state index contributed by atoms with van der Waals surface area (Å²) < 4.78 is 10.1. The molecule has 0 spiro atoms. The average molecular weight is 358 g/mol. The summed E-state index contributed by atoms with van der Waals surface area (Å²) in [6, 6.07) is 9.87. The Labute approximate surface area is 151 Å². The number of amides is 2. The van der Waals surface area contributed by atoms with Gasteiger partial charge in [-0.3, -0.25) is 9.59 Å². The van der Waals surface area contributed by atoms with Gasteiger partial charge >= 0.3 is 5.97 Å². The van der Waals surface area contributed by atoms with E-state index in [0.29, 0.717) is 6.54 Å². The molecule has 0 saturated heterocycles. The van der Waals surface area contributed by atoms with Gasteiger partial charge in [-0.15, -0.1) is 0 Å². The number of nitrogens with one attached hydrogen (secondary N) is 2. The van der Waals surface area contributed by atoms with Crippen LogP contribution in [-0.4, -0.2) is 29.9 Å². The van der Waals surface area contributed by atoms with Gasteiger partial charge in [0.1, 0.15) is 6.04 Å². The monoisotopic (exact) mass is 358 g/mol.